The Kier molecular flexibility index (Phi) is 3.19. The number of hydrogen-bond acceptors (Lipinski definition) is 8. The van der Waals surface area contributed by atoms with Gasteiger partial charge in [0, 0.05) is 6.54 Å². The summed E-state index contributed by atoms with van der Waals surface area (Å²) in [6.07, 6.45) is 2.32. The summed E-state index contributed by atoms with van der Waals surface area (Å²) in [6, 6.07) is 0.482. The molecule has 0 saturated heterocycles. The normalized spacial score (nSPS) is 15.2. The van der Waals surface area contributed by atoms with Gasteiger partial charge in [-0.3, -0.25) is 0 Å². The van der Waals surface area contributed by atoms with Crippen LogP contribution in [0.2, 0.25) is 0 Å². The molecule has 1 saturated carbocycles. The molecule has 0 aromatic carbocycles. The van der Waals surface area contributed by atoms with Crippen LogP contribution in [-0.2, 0) is 12.3 Å². The van der Waals surface area contributed by atoms with Gasteiger partial charge in [0.1, 0.15) is 0 Å². The third kappa shape index (κ3) is 2.34. The van der Waals surface area contributed by atoms with E-state index in [1.807, 2.05) is 4.68 Å². The van der Waals surface area contributed by atoms with E-state index < -0.39 is 0 Å². The van der Waals surface area contributed by atoms with Crippen LogP contribution < -0.4 is 5.73 Å². The molecule has 0 spiro atoms. The third-order valence-corrected chi connectivity index (χ3v) is 3.58. The monoisotopic (exact) mass is 267 g/mol. The molecule has 9 nitrogen and oxygen atoms in total. The molecule has 10 heteroatoms. The molecular weight excluding hydrogens is 254 g/mol. The second-order valence-electron chi connectivity index (χ2n) is 4.03. The lowest BCUT2D eigenvalue weighted by Gasteiger charge is -2.03. The zero-order valence-corrected chi connectivity index (χ0v) is 10.5. The maximum absolute atomic E-state index is 5.49. The van der Waals surface area contributed by atoms with E-state index in [0.717, 1.165) is 23.8 Å². The van der Waals surface area contributed by atoms with Crippen LogP contribution >= 0.6 is 11.8 Å². The maximum Gasteiger partial charge on any atom is 0.209 e. The number of nitrogens with zero attached hydrogens (tertiary/aromatic N) is 8. The van der Waals surface area contributed by atoms with Gasteiger partial charge in [-0.25, -0.2) is 9.36 Å². The minimum atomic E-state index is 0.482. The van der Waals surface area contributed by atoms with Crippen molar-refractivity contribution in [3.63, 3.8) is 0 Å². The predicted octanol–water partition coefficient (Wildman–Crippen LogP) is -0.755. The van der Waals surface area contributed by atoms with Crippen LogP contribution in [-0.4, -0.2) is 47.0 Å². The molecule has 0 unspecified atom stereocenters. The first-order chi connectivity index (χ1) is 8.88. The number of thioether (sulfide) groups is 1. The fraction of sp³-hybridized carbons (Fsp3) is 0.750. The second kappa shape index (κ2) is 4.98. The standard InChI is InChI=1S/C8H13N9S/c9-3-4-16-8(11-13-14-16)18-5-7-10-12-15-17(7)6-1-2-6/h6H,1-5,9H2. The summed E-state index contributed by atoms with van der Waals surface area (Å²) >= 11 is 1.52. The van der Waals surface area contributed by atoms with Crippen molar-refractivity contribution in [3.8, 4) is 0 Å². The van der Waals surface area contributed by atoms with Crippen molar-refractivity contribution in [1.29, 1.82) is 0 Å². The van der Waals surface area contributed by atoms with Gasteiger partial charge in [-0.05, 0) is 33.7 Å². The number of aromatic nitrogens is 8. The van der Waals surface area contributed by atoms with E-state index in [2.05, 4.69) is 31.1 Å². The summed E-state index contributed by atoms with van der Waals surface area (Å²) in [5, 5.41) is 24.0. The Morgan fingerprint density at radius 2 is 2.06 bits per heavy atom. The summed E-state index contributed by atoms with van der Waals surface area (Å²) in [5.41, 5.74) is 5.49. The first-order valence-corrected chi connectivity index (χ1v) is 6.73. The molecule has 96 valence electrons. The highest BCUT2D eigenvalue weighted by Gasteiger charge is 2.27. The second-order valence-corrected chi connectivity index (χ2v) is 4.98. The number of hydrogen-bond donors (Lipinski definition) is 1. The Balaban J connectivity index is 1.66. The Morgan fingerprint density at radius 1 is 1.22 bits per heavy atom. The van der Waals surface area contributed by atoms with Crippen LogP contribution in [0.1, 0.15) is 24.7 Å². The minimum absolute atomic E-state index is 0.482. The van der Waals surface area contributed by atoms with Gasteiger partial charge in [-0.15, -0.1) is 10.2 Å². The lowest BCUT2D eigenvalue weighted by molar-refractivity contribution is 0.556. The van der Waals surface area contributed by atoms with Gasteiger partial charge in [0.05, 0.1) is 18.3 Å². The van der Waals surface area contributed by atoms with Crippen molar-refractivity contribution < 1.29 is 0 Å². The minimum Gasteiger partial charge on any atom is -0.329 e. The highest BCUT2D eigenvalue weighted by molar-refractivity contribution is 7.98. The largest absolute Gasteiger partial charge is 0.329 e. The van der Waals surface area contributed by atoms with Crippen LogP contribution in [0.3, 0.4) is 0 Å². The average molecular weight is 267 g/mol. The zero-order valence-electron chi connectivity index (χ0n) is 9.68. The Hall–Kier alpha value is -1.55. The summed E-state index contributed by atoms with van der Waals surface area (Å²) < 4.78 is 3.58. The fourth-order valence-corrected chi connectivity index (χ4v) is 2.42. The molecule has 1 fully saturated rings. The molecule has 2 aromatic rings. The van der Waals surface area contributed by atoms with Crippen LogP contribution in [0.5, 0.6) is 0 Å². The number of nitrogens with two attached hydrogens (primary N) is 1. The zero-order chi connectivity index (χ0) is 12.4. The molecule has 2 aromatic heterocycles. The van der Waals surface area contributed by atoms with E-state index >= 15 is 0 Å². The molecule has 1 aliphatic rings. The van der Waals surface area contributed by atoms with Crippen molar-refractivity contribution in [1.82, 2.24) is 40.4 Å². The Labute approximate surface area is 107 Å². The van der Waals surface area contributed by atoms with Crippen molar-refractivity contribution in [2.24, 2.45) is 5.73 Å². The van der Waals surface area contributed by atoms with Crippen LogP contribution in [0.4, 0.5) is 0 Å². The summed E-state index contributed by atoms with van der Waals surface area (Å²) in [4.78, 5) is 0. The molecular formula is C8H13N9S. The summed E-state index contributed by atoms with van der Waals surface area (Å²) in [7, 11) is 0. The van der Waals surface area contributed by atoms with E-state index in [1.54, 1.807) is 4.68 Å². The molecule has 0 bridgehead atoms. The highest BCUT2D eigenvalue weighted by atomic mass is 32.2. The Bertz CT molecular complexity index is 516. The molecule has 2 heterocycles. The van der Waals surface area contributed by atoms with Crippen molar-refractivity contribution in [2.75, 3.05) is 6.54 Å². The van der Waals surface area contributed by atoms with E-state index in [-0.39, 0.29) is 0 Å². The maximum atomic E-state index is 5.49. The number of tetrazole rings is 2. The molecule has 1 aliphatic carbocycles. The quantitative estimate of drug-likeness (QED) is 0.680. The van der Waals surface area contributed by atoms with E-state index in [9.17, 15) is 0 Å². The molecule has 0 radical (unpaired) electrons. The van der Waals surface area contributed by atoms with Crippen molar-refractivity contribution in [3.05, 3.63) is 5.82 Å². The van der Waals surface area contributed by atoms with Gasteiger partial charge in [0.25, 0.3) is 0 Å². The summed E-state index contributed by atoms with van der Waals surface area (Å²) in [5.74, 6) is 1.53. The van der Waals surface area contributed by atoms with Crippen LogP contribution in [0, 0.1) is 0 Å². The van der Waals surface area contributed by atoms with Crippen LogP contribution in [0.15, 0.2) is 5.16 Å². The fourth-order valence-electron chi connectivity index (χ4n) is 1.60. The molecule has 18 heavy (non-hydrogen) atoms. The number of rotatable bonds is 6. The lowest BCUT2D eigenvalue weighted by atomic mass is 10.6. The molecule has 0 aliphatic heterocycles. The molecule has 0 atom stereocenters. The first-order valence-electron chi connectivity index (χ1n) is 5.74. The van der Waals surface area contributed by atoms with Gasteiger partial charge >= 0.3 is 0 Å². The van der Waals surface area contributed by atoms with Crippen molar-refractivity contribution >= 4 is 11.8 Å². The topological polar surface area (TPSA) is 113 Å². The lowest BCUT2D eigenvalue weighted by Crippen LogP contribution is -2.12. The first kappa shape index (κ1) is 11.5. The highest BCUT2D eigenvalue weighted by Crippen LogP contribution is 2.35. The average Bonchev–Trinajstić information content (AvgIpc) is 2.95. The van der Waals surface area contributed by atoms with Gasteiger partial charge in [-0.1, -0.05) is 11.8 Å². The summed E-state index contributed by atoms with van der Waals surface area (Å²) in [6.45, 7) is 1.13. The molecule has 3 rings (SSSR count). The van der Waals surface area contributed by atoms with E-state index in [0.29, 0.717) is 24.9 Å². The van der Waals surface area contributed by atoms with Gasteiger partial charge in [-0.2, -0.15) is 0 Å². The van der Waals surface area contributed by atoms with Gasteiger partial charge < -0.3 is 5.73 Å². The SMILES string of the molecule is NCCn1nnnc1SCc1nnnn1C1CC1. The van der Waals surface area contributed by atoms with E-state index in [1.165, 1.54) is 11.8 Å². The van der Waals surface area contributed by atoms with Gasteiger partial charge in [0.2, 0.25) is 5.16 Å². The van der Waals surface area contributed by atoms with Crippen LogP contribution in [0.25, 0.3) is 0 Å². The third-order valence-electron chi connectivity index (χ3n) is 2.62. The van der Waals surface area contributed by atoms with Gasteiger partial charge in [0.15, 0.2) is 5.82 Å². The smallest absolute Gasteiger partial charge is 0.209 e. The van der Waals surface area contributed by atoms with E-state index in [4.69, 9.17) is 5.73 Å². The Morgan fingerprint density at radius 3 is 2.83 bits per heavy atom. The molecule has 2 N–H and O–H groups in total. The van der Waals surface area contributed by atoms with Crippen molar-refractivity contribution in [2.45, 2.75) is 36.3 Å². The molecule has 0 amide bonds. The predicted molar refractivity (Wildman–Crippen MR) is 62.5 cm³/mol.